The maximum absolute atomic E-state index is 11.9. The largest absolute Gasteiger partial charge is 0.378 e. The molecule has 1 N–H and O–H groups in total. The van der Waals surface area contributed by atoms with Crippen LogP contribution in [0.4, 0.5) is 5.69 Å². The van der Waals surface area contributed by atoms with E-state index in [9.17, 15) is 4.79 Å². The quantitative estimate of drug-likeness (QED) is 0.801. The number of hydrogen-bond donors (Lipinski definition) is 1. The molecule has 0 heterocycles. The van der Waals surface area contributed by atoms with Crippen LogP contribution in [-0.4, -0.2) is 26.0 Å². The summed E-state index contributed by atoms with van der Waals surface area (Å²) in [6.45, 7) is 1.95. The fourth-order valence-electron chi connectivity index (χ4n) is 1.43. The highest BCUT2D eigenvalue weighted by Crippen LogP contribution is 2.13. The van der Waals surface area contributed by atoms with Gasteiger partial charge in [-0.1, -0.05) is 18.9 Å². The number of anilines is 1. The summed E-state index contributed by atoms with van der Waals surface area (Å²) < 4.78 is 0. The molecule has 0 spiro atoms. The Bertz CT molecular complexity index is 432. The van der Waals surface area contributed by atoms with Crippen molar-refractivity contribution in [3.8, 4) is 12.3 Å². The number of hydrogen-bond acceptors (Lipinski definition) is 2. The lowest BCUT2D eigenvalue weighted by atomic mass is 10.1. The van der Waals surface area contributed by atoms with Crippen molar-refractivity contribution in [1.82, 2.24) is 5.32 Å². The van der Waals surface area contributed by atoms with Crippen molar-refractivity contribution < 1.29 is 4.79 Å². The van der Waals surface area contributed by atoms with Crippen LogP contribution in [0.15, 0.2) is 24.3 Å². The first-order valence-electron chi connectivity index (χ1n) is 5.62. The maximum Gasteiger partial charge on any atom is 0.252 e. The third kappa shape index (κ3) is 3.53. The number of terminal acetylenes is 1. The van der Waals surface area contributed by atoms with Gasteiger partial charge in [-0.05, 0) is 24.6 Å². The SMILES string of the molecule is C#CC(CC)NC(=O)c1cccc(N(C)C)c1. The zero-order chi connectivity index (χ0) is 12.8. The second-order valence-electron chi connectivity index (χ2n) is 4.05. The van der Waals surface area contributed by atoms with Crippen molar-refractivity contribution in [2.24, 2.45) is 0 Å². The third-order valence-electron chi connectivity index (χ3n) is 2.54. The number of benzene rings is 1. The van der Waals surface area contributed by atoms with Crippen LogP contribution in [0.1, 0.15) is 23.7 Å². The van der Waals surface area contributed by atoms with E-state index in [4.69, 9.17) is 6.42 Å². The lowest BCUT2D eigenvalue weighted by Gasteiger charge is -2.14. The van der Waals surface area contributed by atoms with Crippen molar-refractivity contribution >= 4 is 11.6 Å². The molecule has 0 aliphatic rings. The molecule has 0 aromatic heterocycles. The molecule has 3 nitrogen and oxygen atoms in total. The lowest BCUT2D eigenvalue weighted by molar-refractivity contribution is 0.0945. The highest BCUT2D eigenvalue weighted by Gasteiger charge is 2.10. The summed E-state index contributed by atoms with van der Waals surface area (Å²) in [7, 11) is 3.88. The average Bonchev–Trinajstić information content (AvgIpc) is 2.35. The van der Waals surface area contributed by atoms with Gasteiger partial charge in [0.1, 0.15) is 0 Å². The fraction of sp³-hybridized carbons (Fsp3) is 0.357. The molecule has 1 rings (SSSR count). The minimum Gasteiger partial charge on any atom is -0.378 e. The molecule has 17 heavy (non-hydrogen) atoms. The molecule has 1 amide bonds. The second-order valence-corrected chi connectivity index (χ2v) is 4.05. The standard InChI is InChI=1S/C14H18N2O/c1-5-12(6-2)15-14(17)11-8-7-9-13(10-11)16(3)4/h1,7-10,12H,6H2,2-4H3,(H,15,17). The van der Waals surface area contributed by atoms with Crippen molar-refractivity contribution in [3.05, 3.63) is 29.8 Å². The topological polar surface area (TPSA) is 32.3 Å². The van der Waals surface area contributed by atoms with Gasteiger partial charge in [-0.3, -0.25) is 4.79 Å². The smallest absolute Gasteiger partial charge is 0.252 e. The molecule has 3 heteroatoms. The molecule has 0 saturated heterocycles. The summed E-state index contributed by atoms with van der Waals surface area (Å²) in [5.41, 5.74) is 1.62. The molecule has 0 aliphatic heterocycles. The number of nitrogens with one attached hydrogen (secondary N) is 1. The van der Waals surface area contributed by atoms with Gasteiger partial charge < -0.3 is 10.2 Å². The van der Waals surface area contributed by atoms with E-state index in [0.717, 1.165) is 12.1 Å². The van der Waals surface area contributed by atoms with Gasteiger partial charge in [-0.2, -0.15) is 0 Å². The Kier molecular flexibility index (Phi) is 4.59. The van der Waals surface area contributed by atoms with Crippen LogP contribution in [-0.2, 0) is 0 Å². The summed E-state index contributed by atoms with van der Waals surface area (Å²) in [4.78, 5) is 13.9. The van der Waals surface area contributed by atoms with E-state index in [-0.39, 0.29) is 11.9 Å². The van der Waals surface area contributed by atoms with Crippen LogP contribution in [0.5, 0.6) is 0 Å². The molecule has 0 bridgehead atoms. The highest BCUT2D eigenvalue weighted by molar-refractivity contribution is 5.95. The second kappa shape index (κ2) is 5.95. The monoisotopic (exact) mass is 230 g/mol. The zero-order valence-electron chi connectivity index (χ0n) is 10.5. The molecule has 0 aliphatic carbocycles. The van der Waals surface area contributed by atoms with Gasteiger partial charge >= 0.3 is 0 Å². The van der Waals surface area contributed by atoms with E-state index in [0.29, 0.717) is 5.56 Å². The summed E-state index contributed by atoms with van der Waals surface area (Å²) in [6, 6.07) is 7.24. The van der Waals surface area contributed by atoms with Crippen LogP contribution in [0.2, 0.25) is 0 Å². The van der Waals surface area contributed by atoms with Crippen molar-refractivity contribution in [3.63, 3.8) is 0 Å². The molecule has 0 fully saturated rings. The molecule has 0 radical (unpaired) electrons. The fourth-order valence-corrected chi connectivity index (χ4v) is 1.43. The summed E-state index contributed by atoms with van der Waals surface area (Å²) in [5, 5.41) is 2.81. The Labute approximate surface area is 103 Å². The first-order chi connectivity index (χ1) is 8.08. The molecular weight excluding hydrogens is 212 g/mol. The lowest BCUT2D eigenvalue weighted by Crippen LogP contribution is -2.33. The molecular formula is C14H18N2O. The number of rotatable bonds is 4. The average molecular weight is 230 g/mol. The van der Waals surface area contributed by atoms with Gasteiger partial charge in [0.05, 0.1) is 6.04 Å². The first-order valence-corrected chi connectivity index (χ1v) is 5.62. The van der Waals surface area contributed by atoms with Crippen LogP contribution in [0.3, 0.4) is 0 Å². The predicted octanol–water partition coefficient (Wildman–Crippen LogP) is 1.89. The van der Waals surface area contributed by atoms with Gasteiger partial charge in [0.15, 0.2) is 0 Å². The van der Waals surface area contributed by atoms with Crippen LogP contribution in [0, 0.1) is 12.3 Å². The van der Waals surface area contributed by atoms with Gasteiger partial charge in [0.2, 0.25) is 0 Å². The number of carbonyl (C=O) groups is 1. The Morgan fingerprint density at radius 1 is 1.53 bits per heavy atom. The van der Waals surface area contributed by atoms with E-state index in [2.05, 4.69) is 11.2 Å². The maximum atomic E-state index is 11.9. The molecule has 1 aromatic carbocycles. The Balaban J connectivity index is 2.83. The van der Waals surface area contributed by atoms with E-state index in [1.54, 1.807) is 6.07 Å². The van der Waals surface area contributed by atoms with Gasteiger partial charge in [0, 0.05) is 25.3 Å². The number of carbonyl (C=O) groups excluding carboxylic acids is 1. The molecule has 0 saturated carbocycles. The van der Waals surface area contributed by atoms with Crippen LogP contribution < -0.4 is 10.2 Å². The molecule has 90 valence electrons. The van der Waals surface area contributed by atoms with Crippen molar-refractivity contribution in [2.75, 3.05) is 19.0 Å². The Morgan fingerprint density at radius 2 is 2.24 bits per heavy atom. The van der Waals surface area contributed by atoms with E-state index in [1.165, 1.54) is 0 Å². The predicted molar refractivity (Wildman–Crippen MR) is 71.1 cm³/mol. The molecule has 1 unspecified atom stereocenters. The molecule has 1 atom stereocenters. The minimum absolute atomic E-state index is 0.126. The first kappa shape index (κ1) is 13.1. The molecule has 1 aromatic rings. The van der Waals surface area contributed by atoms with E-state index in [1.807, 2.05) is 44.1 Å². The third-order valence-corrected chi connectivity index (χ3v) is 2.54. The summed E-state index contributed by atoms with van der Waals surface area (Å²) >= 11 is 0. The minimum atomic E-state index is -0.203. The van der Waals surface area contributed by atoms with Crippen LogP contribution in [0.25, 0.3) is 0 Å². The normalized spacial score (nSPS) is 11.4. The van der Waals surface area contributed by atoms with Gasteiger partial charge in [0.25, 0.3) is 5.91 Å². The van der Waals surface area contributed by atoms with Crippen LogP contribution >= 0.6 is 0 Å². The highest BCUT2D eigenvalue weighted by atomic mass is 16.1. The summed E-state index contributed by atoms with van der Waals surface area (Å²) in [5.74, 6) is 2.42. The summed E-state index contributed by atoms with van der Waals surface area (Å²) in [6.07, 6.45) is 6.05. The van der Waals surface area contributed by atoms with Gasteiger partial charge in [-0.15, -0.1) is 6.42 Å². The van der Waals surface area contributed by atoms with Crippen molar-refractivity contribution in [2.45, 2.75) is 19.4 Å². The zero-order valence-corrected chi connectivity index (χ0v) is 10.5. The Morgan fingerprint density at radius 3 is 2.76 bits per heavy atom. The van der Waals surface area contributed by atoms with E-state index < -0.39 is 0 Å². The number of amides is 1. The van der Waals surface area contributed by atoms with E-state index >= 15 is 0 Å². The Hall–Kier alpha value is -1.95. The number of nitrogens with zero attached hydrogens (tertiary/aromatic N) is 1. The van der Waals surface area contributed by atoms with Gasteiger partial charge in [-0.25, -0.2) is 0 Å². The van der Waals surface area contributed by atoms with Crippen molar-refractivity contribution in [1.29, 1.82) is 0 Å².